The summed E-state index contributed by atoms with van der Waals surface area (Å²) in [4.78, 5) is 4.07. The Bertz CT molecular complexity index is 577. The van der Waals surface area contributed by atoms with Crippen LogP contribution in [0.15, 0.2) is 22.7 Å². The van der Waals surface area contributed by atoms with Gasteiger partial charge < -0.3 is 9.26 Å². The first-order valence-corrected chi connectivity index (χ1v) is 6.49. The summed E-state index contributed by atoms with van der Waals surface area (Å²) in [6.45, 7) is 1.70. The predicted octanol–water partition coefficient (Wildman–Crippen LogP) is 3.51. The van der Waals surface area contributed by atoms with Gasteiger partial charge in [0.15, 0.2) is 11.6 Å². The molecule has 1 aromatic heterocycles. The molecule has 3 rings (SSSR count). The Balaban J connectivity index is 1.81. The number of rotatable bonds is 3. The smallest absolute Gasteiger partial charge is 0.223 e. The van der Waals surface area contributed by atoms with Crippen molar-refractivity contribution in [2.75, 3.05) is 0 Å². The van der Waals surface area contributed by atoms with Crippen molar-refractivity contribution in [1.29, 1.82) is 0 Å². The molecule has 0 saturated heterocycles. The lowest BCUT2D eigenvalue weighted by molar-refractivity contribution is 0.201. The van der Waals surface area contributed by atoms with E-state index >= 15 is 0 Å². The fourth-order valence-corrected chi connectivity index (χ4v) is 2.34. The second-order valence-corrected chi connectivity index (χ2v) is 4.81. The lowest BCUT2D eigenvalue weighted by Crippen LogP contribution is -2.11. The molecule has 0 unspecified atom stereocenters. The van der Waals surface area contributed by atoms with Crippen molar-refractivity contribution < 1.29 is 13.7 Å². The predicted molar refractivity (Wildman–Crippen MR) is 67.3 cm³/mol. The molecule has 1 aliphatic rings. The zero-order chi connectivity index (χ0) is 13.2. The highest BCUT2D eigenvalue weighted by Gasteiger charge is 2.18. The summed E-state index contributed by atoms with van der Waals surface area (Å²) in [6.07, 6.45) is 4.47. The van der Waals surface area contributed by atoms with E-state index in [9.17, 15) is 4.39 Å². The third-order valence-electron chi connectivity index (χ3n) is 3.31. The molecule has 0 amide bonds. The number of nitrogens with zero attached hydrogens (tertiary/aromatic N) is 2. The molecule has 0 aliphatic heterocycles. The van der Waals surface area contributed by atoms with Gasteiger partial charge in [-0.1, -0.05) is 5.16 Å². The van der Waals surface area contributed by atoms with Gasteiger partial charge >= 0.3 is 0 Å². The molecule has 1 aromatic carbocycles. The van der Waals surface area contributed by atoms with Crippen LogP contribution in [0.5, 0.6) is 5.75 Å². The molecule has 0 atom stereocenters. The third-order valence-corrected chi connectivity index (χ3v) is 3.31. The fraction of sp³-hybridized carbons (Fsp3) is 0.429. The average molecular weight is 262 g/mol. The van der Waals surface area contributed by atoms with E-state index in [2.05, 4.69) is 10.1 Å². The minimum atomic E-state index is -0.383. The highest BCUT2D eigenvalue weighted by molar-refractivity contribution is 5.56. The van der Waals surface area contributed by atoms with E-state index < -0.39 is 0 Å². The molecule has 0 bridgehead atoms. The molecule has 4 nitrogen and oxygen atoms in total. The molecule has 100 valence electrons. The Labute approximate surface area is 110 Å². The molecule has 2 aromatic rings. The first-order chi connectivity index (χ1) is 9.22. The summed E-state index contributed by atoms with van der Waals surface area (Å²) in [5, 5.41) is 3.77. The minimum Gasteiger partial charge on any atom is -0.487 e. The van der Waals surface area contributed by atoms with E-state index in [1.807, 2.05) is 0 Å². The summed E-state index contributed by atoms with van der Waals surface area (Å²) in [5.41, 5.74) is 0.591. The van der Waals surface area contributed by atoms with Crippen LogP contribution < -0.4 is 4.74 Å². The molecule has 0 spiro atoms. The van der Waals surface area contributed by atoms with Gasteiger partial charge in [0.1, 0.15) is 0 Å². The van der Waals surface area contributed by atoms with Crippen molar-refractivity contribution >= 4 is 0 Å². The van der Waals surface area contributed by atoms with E-state index in [0.717, 1.165) is 25.7 Å². The highest BCUT2D eigenvalue weighted by atomic mass is 19.1. The minimum absolute atomic E-state index is 0.146. The first kappa shape index (κ1) is 12.1. The molecule has 1 heterocycles. The lowest BCUT2D eigenvalue weighted by atomic mass is 10.2. The van der Waals surface area contributed by atoms with Crippen LogP contribution >= 0.6 is 0 Å². The zero-order valence-electron chi connectivity index (χ0n) is 10.7. The maximum atomic E-state index is 14.0. The van der Waals surface area contributed by atoms with E-state index in [-0.39, 0.29) is 11.9 Å². The standard InChI is InChI=1S/C14H15FN2O2/c1-9-16-14(17-19-9)10-6-7-13(12(15)8-10)18-11-4-2-3-5-11/h6-8,11H,2-5H2,1H3. The Kier molecular flexibility index (Phi) is 3.19. The van der Waals surface area contributed by atoms with Crippen molar-refractivity contribution in [3.05, 3.63) is 29.9 Å². The second-order valence-electron chi connectivity index (χ2n) is 4.81. The molecule has 0 N–H and O–H groups in total. The second kappa shape index (κ2) is 4.99. The normalized spacial score (nSPS) is 15.9. The van der Waals surface area contributed by atoms with E-state index in [1.165, 1.54) is 6.07 Å². The van der Waals surface area contributed by atoms with Crippen LogP contribution in [0.1, 0.15) is 31.6 Å². The number of aromatic nitrogens is 2. The fourth-order valence-electron chi connectivity index (χ4n) is 2.34. The average Bonchev–Trinajstić information content (AvgIpc) is 3.03. The van der Waals surface area contributed by atoms with E-state index in [0.29, 0.717) is 23.0 Å². The highest BCUT2D eigenvalue weighted by Crippen LogP contribution is 2.28. The van der Waals surface area contributed by atoms with Crippen molar-refractivity contribution in [2.24, 2.45) is 0 Å². The van der Waals surface area contributed by atoms with Gasteiger partial charge in [-0.3, -0.25) is 0 Å². The van der Waals surface area contributed by atoms with Crippen molar-refractivity contribution in [2.45, 2.75) is 38.7 Å². The molecule has 1 fully saturated rings. The van der Waals surface area contributed by atoms with Crippen LogP contribution in [0, 0.1) is 12.7 Å². The monoisotopic (exact) mass is 262 g/mol. The van der Waals surface area contributed by atoms with Crippen LogP contribution in [0.25, 0.3) is 11.4 Å². The van der Waals surface area contributed by atoms with Gasteiger partial charge in [0.05, 0.1) is 6.10 Å². The Morgan fingerprint density at radius 3 is 2.74 bits per heavy atom. The van der Waals surface area contributed by atoms with Crippen LogP contribution in [-0.4, -0.2) is 16.2 Å². The van der Waals surface area contributed by atoms with Gasteiger partial charge in [0.25, 0.3) is 0 Å². The van der Waals surface area contributed by atoms with Gasteiger partial charge in [-0.25, -0.2) is 4.39 Å². The summed E-state index contributed by atoms with van der Waals surface area (Å²) in [5.74, 6) is 0.772. The van der Waals surface area contributed by atoms with E-state index in [4.69, 9.17) is 9.26 Å². The molecule has 1 saturated carbocycles. The van der Waals surface area contributed by atoms with Crippen LogP contribution in [-0.2, 0) is 0 Å². The number of benzene rings is 1. The zero-order valence-corrected chi connectivity index (χ0v) is 10.7. The molecule has 1 aliphatic carbocycles. The Hall–Kier alpha value is -1.91. The number of aryl methyl sites for hydroxylation is 1. The number of hydrogen-bond donors (Lipinski definition) is 0. The molecule has 5 heteroatoms. The lowest BCUT2D eigenvalue weighted by Gasteiger charge is -2.13. The number of hydrogen-bond acceptors (Lipinski definition) is 4. The quantitative estimate of drug-likeness (QED) is 0.849. The molecule has 0 radical (unpaired) electrons. The maximum absolute atomic E-state index is 14.0. The van der Waals surface area contributed by atoms with Crippen molar-refractivity contribution in [3.8, 4) is 17.1 Å². The summed E-state index contributed by atoms with van der Waals surface area (Å²) >= 11 is 0. The van der Waals surface area contributed by atoms with Gasteiger partial charge in [-0.2, -0.15) is 4.98 Å². The topological polar surface area (TPSA) is 48.2 Å². The SMILES string of the molecule is Cc1nc(-c2ccc(OC3CCCC3)c(F)c2)no1. The molecular weight excluding hydrogens is 247 g/mol. The van der Waals surface area contributed by atoms with E-state index in [1.54, 1.807) is 19.1 Å². The summed E-state index contributed by atoms with van der Waals surface area (Å²) in [7, 11) is 0. The number of halogens is 1. The Morgan fingerprint density at radius 2 is 2.11 bits per heavy atom. The number of ether oxygens (including phenoxy) is 1. The van der Waals surface area contributed by atoms with Gasteiger partial charge in [0, 0.05) is 12.5 Å². The Morgan fingerprint density at radius 1 is 1.32 bits per heavy atom. The molecular formula is C14H15FN2O2. The van der Waals surface area contributed by atoms with Crippen molar-refractivity contribution in [1.82, 2.24) is 10.1 Å². The maximum Gasteiger partial charge on any atom is 0.223 e. The van der Waals surface area contributed by atoms with Crippen LogP contribution in [0.3, 0.4) is 0 Å². The summed E-state index contributed by atoms with van der Waals surface area (Å²) < 4.78 is 24.5. The van der Waals surface area contributed by atoms with Gasteiger partial charge in [-0.05, 0) is 43.9 Å². The summed E-state index contributed by atoms with van der Waals surface area (Å²) in [6, 6.07) is 4.76. The third kappa shape index (κ3) is 2.59. The van der Waals surface area contributed by atoms with Crippen molar-refractivity contribution in [3.63, 3.8) is 0 Å². The van der Waals surface area contributed by atoms with Crippen LogP contribution in [0.2, 0.25) is 0 Å². The molecule has 19 heavy (non-hydrogen) atoms. The van der Waals surface area contributed by atoms with Gasteiger partial charge in [-0.15, -0.1) is 0 Å². The largest absolute Gasteiger partial charge is 0.487 e. The van der Waals surface area contributed by atoms with Gasteiger partial charge in [0.2, 0.25) is 11.7 Å². The van der Waals surface area contributed by atoms with Crippen LogP contribution in [0.4, 0.5) is 4.39 Å². The first-order valence-electron chi connectivity index (χ1n) is 6.49.